The first kappa shape index (κ1) is 17.4. The summed E-state index contributed by atoms with van der Waals surface area (Å²) in [5.74, 6) is -0.219. The molecule has 20 heavy (non-hydrogen) atoms. The monoisotopic (exact) mass is 342 g/mol. The van der Waals surface area contributed by atoms with Gasteiger partial charge in [0, 0.05) is 16.5 Å². The van der Waals surface area contributed by atoms with Crippen LogP contribution in [0.25, 0.3) is 0 Å². The molecule has 0 radical (unpaired) electrons. The van der Waals surface area contributed by atoms with Gasteiger partial charge in [-0.1, -0.05) is 51.9 Å². The Hall–Kier alpha value is -0.700. The molecule has 112 valence electrons. The molecule has 1 aromatic carbocycles. The molecule has 1 rings (SSSR count). The summed E-state index contributed by atoms with van der Waals surface area (Å²) in [7, 11) is 0. The molecule has 1 nitrogen and oxygen atoms in total. The van der Waals surface area contributed by atoms with Crippen molar-refractivity contribution in [3.05, 3.63) is 34.1 Å². The Bertz CT molecular complexity index is 417. The van der Waals surface area contributed by atoms with Crippen molar-refractivity contribution in [3.8, 4) is 0 Å². The van der Waals surface area contributed by atoms with Crippen molar-refractivity contribution in [3.63, 3.8) is 0 Å². The molecule has 0 saturated heterocycles. The third kappa shape index (κ3) is 6.65. The van der Waals surface area contributed by atoms with Crippen molar-refractivity contribution < 1.29 is 9.18 Å². The first-order valence-electron chi connectivity index (χ1n) is 7.63. The number of hydrogen-bond acceptors (Lipinski definition) is 1. The van der Waals surface area contributed by atoms with Crippen molar-refractivity contribution >= 4 is 21.7 Å². The Kier molecular flexibility index (Phi) is 8.75. The van der Waals surface area contributed by atoms with E-state index < -0.39 is 0 Å². The number of halogens is 2. The van der Waals surface area contributed by atoms with Crippen LogP contribution >= 0.6 is 15.9 Å². The van der Waals surface area contributed by atoms with Gasteiger partial charge in [-0.15, -0.1) is 0 Å². The number of carbonyl (C=O) groups is 1. The number of hydrogen-bond donors (Lipinski definition) is 0. The second-order valence-electron chi connectivity index (χ2n) is 5.27. The summed E-state index contributed by atoms with van der Waals surface area (Å²) < 4.78 is 13.5. The van der Waals surface area contributed by atoms with E-state index in [1.54, 1.807) is 6.07 Å². The number of benzene rings is 1. The van der Waals surface area contributed by atoms with E-state index in [4.69, 9.17) is 0 Å². The molecule has 0 aliphatic heterocycles. The van der Waals surface area contributed by atoms with Gasteiger partial charge in [-0.2, -0.15) is 0 Å². The Morgan fingerprint density at radius 2 is 1.65 bits per heavy atom. The van der Waals surface area contributed by atoms with Crippen molar-refractivity contribution in [2.24, 2.45) is 0 Å². The van der Waals surface area contributed by atoms with E-state index in [0.29, 0.717) is 16.5 Å². The SMILES string of the molecule is CCCCCCCCCCC(=O)c1ccc(F)cc1Br. The van der Waals surface area contributed by atoms with E-state index in [-0.39, 0.29) is 11.6 Å². The van der Waals surface area contributed by atoms with Gasteiger partial charge in [-0.25, -0.2) is 4.39 Å². The Morgan fingerprint density at radius 1 is 1.05 bits per heavy atom. The lowest BCUT2D eigenvalue weighted by Gasteiger charge is -2.04. The average molecular weight is 343 g/mol. The fraction of sp³-hybridized carbons (Fsp3) is 0.588. The lowest BCUT2D eigenvalue weighted by Crippen LogP contribution is -2.00. The van der Waals surface area contributed by atoms with E-state index in [0.717, 1.165) is 12.8 Å². The molecule has 0 spiro atoms. The molecule has 0 saturated carbocycles. The first-order valence-corrected chi connectivity index (χ1v) is 8.42. The van der Waals surface area contributed by atoms with Crippen LogP contribution in [0.1, 0.15) is 75.1 Å². The number of Topliss-reactive ketones (excluding diaryl/α,β-unsaturated/α-hetero) is 1. The van der Waals surface area contributed by atoms with Gasteiger partial charge in [0.1, 0.15) is 5.82 Å². The summed E-state index contributed by atoms with van der Waals surface area (Å²) in [4.78, 5) is 12.0. The van der Waals surface area contributed by atoms with Gasteiger partial charge in [0.05, 0.1) is 0 Å². The number of ketones is 1. The molecule has 0 heterocycles. The zero-order chi connectivity index (χ0) is 14.8. The van der Waals surface area contributed by atoms with Crippen LogP contribution in [0.5, 0.6) is 0 Å². The van der Waals surface area contributed by atoms with E-state index in [1.165, 1.54) is 50.7 Å². The molecule has 0 aliphatic rings. The zero-order valence-electron chi connectivity index (χ0n) is 12.3. The summed E-state index contributed by atoms with van der Waals surface area (Å²) in [6.07, 6.45) is 10.3. The lowest BCUT2D eigenvalue weighted by atomic mass is 10.0. The van der Waals surface area contributed by atoms with Gasteiger partial charge in [0.2, 0.25) is 0 Å². The lowest BCUT2D eigenvalue weighted by molar-refractivity contribution is 0.0978. The molecule has 0 aliphatic carbocycles. The van der Waals surface area contributed by atoms with Crippen molar-refractivity contribution in [2.75, 3.05) is 0 Å². The van der Waals surface area contributed by atoms with Gasteiger partial charge in [-0.05, 0) is 40.5 Å². The fourth-order valence-electron chi connectivity index (χ4n) is 2.27. The topological polar surface area (TPSA) is 17.1 Å². The zero-order valence-corrected chi connectivity index (χ0v) is 13.8. The summed E-state index contributed by atoms with van der Waals surface area (Å²) in [5.41, 5.74) is 0.592. The molecular formula is C17H24BrFO. The van der Waals surface area contributed by atoms with E-state index in [2.05, 4.69) is 22.9 Å². The number of carbonyl (C=O) groups excluding carboxylic acids is 1. The maximum atomic E-state index is 12.9. The molecule has 1 aromatic rings. The molecule has 0 fully saturated rings. The standard InChI is InChI=1S/C17H24BrFO/c1-2-3-4-5-6-7-8-9-10-17(20)15-12-11-14(19)13-16(15)18/h11-13H,2-10H2,1H3. The first-order chi connectivity index (χ1) is 9.65. The quantitative estimate of drug-likeness (QED) is 0.360. The van der Waals surface area contributed by atoms with Gasteiger partial charge in [-0.3, -0.25) is 4.79 Å². The van der Waals surface area contributed by atoms with Crippen LogP contribution in [0.4, 0.5) is 4.39 Å². The smallest absolute Gasteiger partial charge is 0.164 e. The van der Waals surface area contributed by atoms with Gasteiger partial charge >= 0.3 is 0 Å². The van der Waals surface area contributed by atoms with Crippen LogP contribution in [-0.2, 0) is 0 Å². The molecule has 0 bridgehead atoms. The largest absolute Gasteiger partial charge is 0.294 e. The minimum Gasteiger partial charge on any atom is -0.294 e. The molecule has 0 atom stereocenters. The van der Waals surface area contributed by atoms with Gasteiger partial charge in [0.15, 0.2) is 5.78 Å². The maximum Gasteiger partial charge on any atom is 0.164 e. The second-order valence-corrected chi connectivity index (χ2v) is 6.13. The molecular weight excluding hydrogens is 319 g/mol. The highest BCUT2D eigenvalue weighted by Gasteiger charge is 2.10. The predicted molar refractivity (Wildman–Crippen MR) is 85.7 cm³/mol. The van der Waals surface area contributed by atoms with Gasteiger partial charge in [0.25, 0.3) is 0 Å². The van der Waals surface area contributed by atoms with E-state index in [9.17, 15) is 9.18 Å². The van der Waals surface area contributed by atoms with Crippen LogP contribution in [-0.4, -0.2) is 5.78 Å². The predicted octanol–water partition coefficient (Wildman–Crippen LogP) is 6.30. The van der Waals surface area contributed by atoms with Crippen molar-refractivity contribution in [2.45, 2.75) is 64.7 Å². The average Bonchev–Trinajstić information content (AvgIpc) is 2.41. The third-order valence-corrected chi connectivity index (χ3v) is 4.15. The fourth-order valence-corrected chi connectivity index (χ4v) is 2.84. The third-order valence-electron chi connectivity index (χ3n) is 3.49. The number of unbranched alkanes of at least 4 members (excludes halogenated alkanes) is 7. The Morgan fingerprint density at radius 3 is 2.25 bits per heavy atom. The van der Waals surface area contributed by atoms with Crippen LogP contribution in [0.3, 0.4) is 0 Å². The van der Waals surface area contributed by atoms with Gasteiger partial charge < -0.3 is 0 Å². The van der Waals surface area contributed by atoms with Crippen molar-refractivity contribution in [1.82, 2.24) is 0 Å². The van der Waals surface area contributed by atoms with Crippen LogP contribution < -0.4 is 0 Å². The van der Waals surface area contributed by atoms with Crippen molar-refractivity contribution in [1.29, 1.82) is 0 Å². The summed E-state index contributed by atoms with van der Waals surface area (Å²) >= 11 is 3.24. The molecule has 0 amide bonds. The maximum absolute atomic E-state index is 12.9. The summed E-state index contributed by atoms with van der Waals surface area (Å²) in [6, 6.07) is 4.25. The van der Waals surface area contributed by atoms with E-state index >= 15 is 0 Å². The second kappa shape index (κ2) is 10.1. The van der Waals surface area contributed by atoms with Crippen LogP contribution in [0.2, 0.25) is 0 Å². The number of rotatable bonds is 10. The molecule has 3 heteroatoms. The molecule has 0 unspecified atom stereocenters. The Labute approximate surface area is 130 Å². The molecule has 0 aromatic heterocycles. The minimum atomic E-state index is -0.319. The Balaban J connectivity index is 2.17. The highest BCUT2D eigenvalue weighted by atomic mass is 79.9. The summed E-state index contributed by atoms with van der Waals surface area (Å²) in [6.45, 7) is 2.22. The van der Waals surface area contributed by atoms with E-state index in [1.807, 2.05) is 0 Å². The minimum absolute atomic E-state index is 0.0999. The van der Waals surface area contributed by atoms with Crippen LogP contribution in [0.15, 0.2) is 22.7 Å². The highest BCUT2D eigenvalue weighted by molar-refractivity contribution is 9.10. The summed E-state index contributed by atoms with van der Waals surface area (Å²) in [5, 5.41) is 0. The highest BCUT2D eigenvalue weighted by Crippen LogP contribution is 2.20. The molecule has 0 N–H and O–H groups in total. The van der Waals surface area contributed by atoms with Crippen LogP contribution in [0, 0.1) is 5.82 Å². The normalized spacial score (nSPS) is 10.8.